The van der Waals surface area contributed by atoms with Gasteiger partial charge in [-0.3, -0.25) is 4.79 Å². The molecule has 24 heavy (non-hydrogen) atoms. The van der Waals surface area contributed by atoms with Crippen LogP contribution in [0.3, 0.4) is 0 Å². The van der Waals surface area contributed by atoms with Gasteiger partial charge in [0.05, 0.1) is 4.90 Å². The molecule has 2 heterocycles. The van der Waals surface area contributed by atoms with E-state index in [1.54, 1.807) is 42.6 Å². The first-order valence-electron chi connectivity index (χ1n) is 7.79. The van der Waals surface area contributed by atoms with Crippen molar-refractivity contribution < 1.29 is 13.2 Å². The maximum atomic E-state index is 12.8. The third kappa shape index (κ3) is 3.32. The number of hydrogen-bond donors (Lipinski definition) is 1. The second kappa shape index (κ2) is 6.70. The highest BCUT2D eigenvalue weighted by Crippen LogP contribution is 2.26. The zero-order valence-corrected chi connectivity index (χ0v) is 14.2. The molecule has 0 aliphatic carbocycles. The van der Waals surface area contributed by atoms with Gasteiger partial charge in [-0.15, -0.1) is 0 Å². The Morgan fingerprint density at radius 1 is 1.21 bits per heavy atom. The van der Waals surface area contributed by atoms with Gasteiger partial charge in [-0.25, -0.2) is 13.4 Å². The molecule has 0 bridgehead atoms. The van der Waals surface area contributed by atoms with Gasteiger partial charge in [0, 0.05) is 12.7 Å². The highest BCUT2D eigenvalue weighted by Gasteiger charge is 2.39. The van der Waals surface area contributed by atoms with Crippen LogP contribution in [0, 0.1) is 6.92 Å². The molecule has 1 saturated heterocycles. The van der Waals surface area contributed by atoms with Crippen LogP contribution < -0.4 is 5.32 Å². The highest BCUT2D eigenvalue weighted by molar-refractivity contribution is 7.89. The minimum atomic E-state index is -3.68. The Labute approximate surface area is 141 Å². The molecule has 1 aliphatic heterocycles. The molecule has 1 fully saturated rings. The van der Waals surface area contributed by atoms with Crippen molar-refractivity contribution in [2.75, 3.05) is 11.9 Å². The number of aryl methyl sites for hydroxylation is 1. The molecule has 0 spiro atoms. The second-order valence-electron chi connectivity index (χ2n) is 5.80. The van der Waals surface area contributed by atoms with E-state index in [0.29, 0.717) is 25.2 Å². The molecule has 126 valence electrons. The number of carbonyl (C=O) groups excluding carboxylic acids is 1. The van der Waals surface area contributed by atoms with Gasteiger partial charge in [-0.2, -0.15) is 4.31 Å². The van der Waals surface area contributed by atoms with E-state index in [0.717, 1.165) is 5.56 Å². The fourth-order valence-corrected chi connectivity index (χ4v) is 4.45. The molecule has 1 unspecified atom stereocenters. The lowest BCUT2D eigenvalue weighted by Crippen LogP contribution is -2.43. The fourth-order valence-electron chi connectivity index (χ4n) is 2.77. The number of sulfonamides is 1. The average Bonchev–Trinajstić information content (AvgIpc) is 3.08. The quantitative estimate of drug-likeness (QED) is 0.921. The predicted molar refractivity (Wildman–Crippen MR) is 91.0 cm³/mol. The molecule has 7 heteroatoms. The van der Waals surface area contributed by atoms with Gasteiger partial charge in [0.2, 0.25) is 15.9 Å². The normalized spacial score (nSPS) is 18.5. The number of pyridine rings is 1. The summed E-state index contributed by atoms with van der Waals surface area (Å²) >= 11 is 0. The Kier molecular flexibility index (Phi) is 4.64. The second-order valence-corrected chi connectivity index (χ2v) is 7.69. The van der Waals surface area contributed by atoms with Crippen molar-refractivity contribution in [2.24, 2.45) is 0 Å². The summed E-state index contributed by atoms with van der Waals surface area (Å²) in [6.07, 6.45) is 2.82. The summed E-state index contributed by atoms with van der Waals surface area (Å²) in [7, 11) is -3.68. The first kappa shape index (κ1) is 16.6. The smallest absolute Gasteiger partial charge is 0.243 e. The predicted octanol–water partition coefficient (Wildman–Crippen LogP) is 2.18. The van der Waals surface area contributed by atoms with Crippen LogP contribution in [0.5, 0.6) is 0 Å². The van der Waals surface area contributed by atoms with E-state index in [2.05, 4.69) is 10.3 Å². The minimum Gasteiger partial charge on any atom is -0.309 e. The Balaban J connectivity index is 1.80. The number of benzene rings is 1. The molecule has 1 amide bonds. The van der Waals surface area contributed by atoms with E-state index < -0.39 is 16.1 Å². The number of carbonyl (C=O) groups is 1. The van der Waals surface area contributed by atoms with Crippen molar-refractivity contribution in [3.05, 3.63) is 54.2 Å². The van der Waals surface area contributed by atoms with Gasteiger partial charge in [0.15, 0.2) is 0 Å². The summed E-state index contributed by atoms with van der Waals surface area (Å²) in [6, 6.07) is 11.0. The van der Waals surface area contributed by atoms with Crippen LogP contribution in [0.25, 0.3) is 0 Å². The summed E-state index contributed by atoms with van der Waals surface area (Å²) < 4.78 is 26.8. The standard InChI is InChI=1S/C17H19N3O3S/c1-13-9-10-16(18-12-13)19-17(21)15-8-5-11-20(15)24(22,23)14-6-3-2-4-7-14/h2-4,6-7,9-10,12,15H,5,8,11H2,1H3,(H,18,19,21). The van der Waals surface area contributed by atoms with E-state index >= 15 is 0 Å². The van der Waals surface area contributed by atoms with Gasteiger partial charge in [-0.1, -0.05) is 24.3 Å². The van der Waals surface area contributed by atoms with E-state index in [-0.39, 0.29) is 10.8 Å². The molecule has 1 N–H and O–H groups in total. The molecular weight excluding hydrogens is 326 g/mol. The average molecular weight is 345 g/mol. The monoisotopic (exact) mass is 345 g/mol. The lowest BCUT2D eigenvalue weighted by Gasteiger charge is -2.23. The Bertz CT molecular complexity index is 820. The Morgan fingerprint density at radius 3 is 2.62 bits per heavy atom. The topological polar surface area (TPSA) is 79.4 Å². The maximum absolute atomic E-state index is 12.8. The van der Waals surface area contributed by atoms with Crippen molar-refractivity contribution in [2.45, 2.75) is 30.7 Å². The van der Waals surface area contributed by atoms with Crippen molar-refractivity contribution in [1.82, 2.24) is 9.29 Å². The minimum absolute atomic E-state index is 0.207. The van der Waals surface area contributed by atoms with Crippen LogP contribution in [0.1, 0.15) is 18.4 Å². The molecule has 1 atom stereocenters. The van der Waals surface area contributed by atoms with Gasteiger partial charge >= 0.3 is 0 Å². The van der Waals surface area contributed by atoms with E-state index in [4.69, 9.17) is 0 Å². The number of anilines is 1. The number of rotatable bonds is 4. The number of aromatic nitrogens is 1. The van der Waals surface area contributed by atoms with Crippen molar-refractivity contribution in [3.63, 3.8) is 0 Å². The molecule has 3 rings (SSSR count). The van der Waals surface area contributed by atoms with Crippen LogP contribution in [-0.4, -0.2) is 36.2 Å². The molecule has 0 radical (unpaired) electrons. The fraction of sp³-hybridized carbons (Fsp3) is 0.294. The molecule has 2 aromatic rings. The molecule has 0 saturated carbocycles. The molecule has 1 aromatic heterocycles. The van der Waals surface area contributed by atoms with E-state index in [9.17, 15) is 13.2 Å². The lowest BCUT2D eigenvalue weighted by molar-refractivity contribution is -0.119. The highest BCUT2D eigenvalue weighted by atomic mass is 32.2. The van der Waals surface area contributed by atoms with Crippen molar-refractivity contribution in [3.8, 4) is 0 Å². The summed E-state index contributed by atoms with van der Waals surface area (Å²) in [5, 5.41) is 2.71. The zero-order valence-electron chi connectivity index (χ0n) is 13.3. The molecule has 1 aliphatic rings. The Hall–Kier alpha value is -2.25. The van der Waals surface area contributed by atoms with Crippen LogP contribution in [-0.2, 0) is 14.8 Å². The van der Waals surface area contributed by atoms with Crippen molar-refractivity contribution >= 4 is 21.7 Å². The molecule has 6 nitrogen and oxygen atoms in total. The van der Waals surface area contributed by atoms with Gasteiger partial charge in [0.1, 0.15) is 11.9 Å². The first-order valence-corrected chi connectivity index (χ1v) is 9.23. The van der Waals surface area contributed by atoms with E-state index in [1.807, 2.05) is 13.0 Å². The largest absolute Gasteiger partial charge is 0.309 e. The van der Waals surface area contributed by atoms with Gasteiger partial charge in [0.25, 0.3) is 0 Å². The summed E-state index contributed by atoms with van der Waals surface area (Å²) in [5.74, 6) is 0.0814. The number of nitrogens with zero attached hydrogens (tertiary/aromatic N) is 2. The maximum Gasteiger partial charge on any atom is 0.243 e. The third-order valence-electron chi connectivity index (χ3n) is 4.02. The van der Waals surface area contributed by atoms with Crippen LogP contribution in [0.2, 0.25) is 0 Å². The summed E-state index contributed by atoms with van der Waals surface area (Å²) in [5.41, 5.74) is 0.988. The van der Waals surface area contributed by atoms with Crippen LogP contribution in [0.15, 0.2) is 53.6 Å². The number of nitrogens with one attached hydrogen (secondary N) is 1. The Morgan fingerprint density at radius 2 is 1.96 bits per heavy atom. The molecule has 1 aromatic carbocycles. The third-order valence-corrected chi connectivity index (χ3v) is 5.94. The van der Waals surface area contributed by atoms with Crippen LogP contribution >= 0.6 is 0 Å². The first-order chi connectivity index (χ1) is 11.5. The van der Waals surface area contributed by atoms with Crippen LogP contribution in [0.4, 0.5) is 5.82 Å². The number of amides is 1. The van der Waals surface area contributed by atoms with E-state index in [1.165, 1.54) is 4.31 Å². The van der Waals surface area contributed by atoms with Crippen molar-refractivity contribution in [1.29, 1.82) is 0 Å². The SMILES string of the molecule is Cc1ccc(NC(=O)C2CCCN2S(=O)(=O)c2ccccc2)nc1. The molecular formula is C17H19N3O3S. The lowest BCUT2D eigenvalue weighted by atomic mass is 10.2. The zero-order chi connectivity index (χ0) is 17.2. The summed E-state index contributed by atoms with van der Waals surface area (Å²) in [6.45, 7) is 2.25. The summed E-state index contributed by atoms with van der Waals surface area (Å²) in [4.78, 5) is 16.9. The number of hydrogen-bond acceptors (Lipinski definition) is 4. The van der Waals surface area contributed by atoms with Gasteiger partial charge < -0.3 is 5.32 Å². The van der Waals surface area contributed by atoms with Gasteiger partial charge in [-0.05, 0) is 43.5 Å².